The van der Waals surface area contributed by atoms with Crippen LogP contribution in [-0.2, 0) is 14.1 Å². The van der Waals surface area contributed by atoms with E-state index < -0.39 is 7.37 Å². The van der Waals surface area contributed by atoms with Crippen LogP contribution in [0.3, 0.4) is 0 Å². The number of rotatable bonds is 4. The van der Waals surface area contributed by atoms with Gasteiger partial charge in [-0.05, 0) is 0 Å². The van der Waals surface area contributed by atoms with Gasteiger partial charge in [0.2, 0.25) is 7.37 Å². The molecule has 54 valence electrons. The number of methoxy groups -OCH3 is 1. The Labute approximate surface area is 53.3 Å². The SMILES string of the molecule is COCP(=O)(O)CC=O. The van der Waals surface area contributed by atoms with Crippen LogP contribution < -0.4 is 0 Å². The van der Waals surface area contributed by atoms with Gasteiger partial charge < -0.3 is 14.4 Å². The molecule has 0 fully saturated rings. The number of carbonyl (C=O) groups excluding carboxylic acids is 1. The maximum atomic E-state index is 10.6. The molecular formula is C4H9O4P. The van der Waals surface area contributed by atoms with Gasteiger partial charge in [0.15, 0.2) is 0 Å². The third-order valence-electron chi connectivity index (χ3n) is 0.691. The zero-order valence-corrected chi connectivity index (χ0v) is 6.01. The van der Waals surface area contributed by atoms with Gasteiger partial charge >= 0.3 is 0 Å². The number of aldehydes is 1. The minimum Gasteiger partial charge on any atom is -0.375 e. The minimum absolute atomic E-state index is 0.244. The van der Waals surface area contributed by atoms with Crippen LogP contribution in [0.1, 0.15) is 0 Å². The first-order chi connectivity index (χ1) is 4.12. The Balaban J connectivity index is 3.71. The number of ether oxygens (including phenoxy) is 1. The highest BCUT2D eigenvalue weighted by Gasteiger charge is 2.15. The highest BCUT2D eigenvalue weighted by Crippen LogP contribution is 2.38. The van der Waals surface area contributed by atoms with Crippen LogP contribution in [0.15, 0.2) is 0 Å². The van der Waals surface area contributed by atoms with E-state index in [2.05, 4.69) is 4.74 Å². The highest BCUT2D eigenvalue weighted by molar-refractivity contribution is 7.58. The summed E-state index contributed by atoms with van der Waals surface area (Å²) in [5, 5.41) is 0. The first-order valence-electron chi connectivity index (χ1n) is 2.36. The van der Waals surface area contributed by atoms with Crippen LogP contribution >= 0.6 is 7.37 Å². The van der Waals surface area contributed by atoms with Crippen LogP contribution in [0.25, 0.3) is 0 Å². The van der Waals surface area contributed by atoms with Crippen molar-refractivity contribution in [2.24, 2.45) is 0 Å². The Morgan fingerprint density at radius 1 is 1.78 bits per heavy atom. The van der Waals surface area contributed by atoms with Crippen molar-refractivity contribution in [3.63, 3.8) is 0 Å². The first-order valence-corrected chi connectivity index (χ1v) is 4.39. The molecule has 1 unspecified atom stereocenters. The molecule has 0 aliphatic carbocycles. The molecule has 0 heterocycles. The van der Waals surface area contributed by atoms with Gasteiger partial charge in [0.05, 0.1) is 6.16 Å². The summed E-state index contributed by atoms with van der Waals surface area (Å²) in [5.41, 5.74) is 0. The van der Waals surface area contributed by atoms with Gasteiger partial charge in [-0.25, -0.2) is 0 Å². The molecule has 0 aliphatic rings. The molecule has 0 rings (SSSR count). The van der Waals surface area contributed by atoms with Crippen molar-refractivity contribution in [3.05, 3.63) is 0 Å². The quantitative estimate of drug-likeness (QED) is 0.457. The molecule has 0 amide bonds. The average Bonchev–Trinajstić information content (AvgIpc) is 1.64. The summed E-state index contributed by atoms with van der Waals surface area (Å²) >= 11 is 0. The van der Waals surface area contributed by atoms with E-state index in [0.29, 0.717) is 6.29 Å². The van der Waals surface area contributed by atoms with Crippen LogP contribution in [0.5, 0.6) is 0 Å². The summed E-state index contributed by atoms with van der Waals surface area (Å²) in [6.07, 6.45) is -0.146. The lowest BCUT2D eigenvalue weighted by Gasteiger charge is -2.04. The van der Waals surface area contributed by atoms with Gasteiger partial charge in [-0.3, -0.25) is 4.57 Å². The molecular weight excluding hydrogens is 143 g/mol. The summed E-state index contributed by atoms with van der Waals surface area (Å²) in [6, 6.07) is 0. The van der Waals surface area contributed by atoms with Gasteiger partial charge in [-0.15, -0.1) is 0 Å². The van der Waals surface area contributed by atoms with E-state index in [1.807, 2.05) is 0 Å². The summed E-state index contributed by atoms with van der Waals surface area (Å²) in [4.78, 5) is 18.4. The minimum atomic E-state index is -3.28. The van der Waals surface area contributed by atoms with Gasteiger partial charge in [0, 0.05) is 7.11 Å². The van der Waals surface area contributed by atoms with Gasteiger partial charge in [-0.1, -0.05) is 0 Å². The largest absolute Gasteiger partial charge is 0.375 e. The van der Waals surface area contributed by atoms with E-state index in [9.17, 15) is 9.36 Å². The van der Waals surface area contributed by atoms with Gasteiger partial charge in [-0.2, -0.15) is 0 Å². The van der Waals surface area contributed by atoms with Crippen LogP contribution in [0.4, 0.5) is 0 Å². The fourth-order valence-corrected chi connectivity index (χ4v) is 1.11. The Hall–Kier alpha value is -0.180. The molecule has 0 spiro atoms. The zero-order chi connectivity index (χ0) is 7.33. The predicted octanol–water partition coefficient (Wildman–Crippen LogP) is 0.0596. The van der Waals surface area contributed by atoms with Gasteiger partial charge in [0.1, 0.15) is 12.6 Å². The average molecular weight is 152 g/mol. The third kappa shape index (κ3) is 4.33. The normalized spacial score (nSPS) is 16.7. The van der Waals surface area contributed by atoms with Crippen LogP contribution in [-0.4, -0.2) is 30.8 Å². The maximum absolute atomic E-state index is 10.6. The lowest BCUT2D eigenvalue weighted by atomic mass is 10.9. The summed E-state index contributed by atoms with van der Waals surface area (Å²) < 4.78 is 15.0. The van der Waals surface area contributed by atoms with Crippen molar-refractivity contribution >= 4 is 13.7 Å². The number of hydrogen-bond acceptors (Lipinski definition) is 3. The van der Waals surface area contributed by atoms with Crippen molar-refractivity contribution in [1.82, 2.24) is 0 Å². The zero-order valence-electron chi connectivity index (χ0n) is 5.11. The molecule has 0 bridgehead atoms. The smallest absolute Gasteiger partial charge is 0.232 e. The Morgan fingerprint density at radius 2 is 2.33 bits per heavy atom. The molecule has 0 aromatic heterocycles. The molecule has 0 aromatic carbocycles. The Morgan fingerprint density at radius 3 is 2.67 bits per heavy atom. The van der Waals surface area contributed by atoms with Crippen LogP contribution in [0, 0.1) is 0 Å². The summed E-state index contributed by atoms with van der Waals surface area (Å²) in [5.74, 6) is 0. The summed E-state index contributed by atoms with van der Waals surface area (Å²) in [7, 11) is -1.97. The maximum Gasteiger partial charge on any atom is 0.232 e. The van der Waals surface area contributed by atoms with Crippen molar-refractivity contribution < 1.29 is 19.0 Å². The summed E-state index contributed by atoms with van der Waals surface area (Å²) in [6.45, 7) is 0. The number of hydrogen-bond donors (Lipinski definition) is 1. The van der Waals surface area contributed by atoms with Crippen molar-refractivity contribution in [3.8, 4) is 0 Å². The lowest BCUT2D eigenvalue weighted by molar-refractivity contribution is -0.105. The Bertz CT molecular complexity index is 133. The monoisotopic (exact) mass is 152 g/mol. The molecule has 1 N–H and O–H groups in total. The van der Waals surface area contributed by atoms with Crippen molar-refractivity contribution in [2.45, 2.75) is 0 Å². The van der Waals surface area contributed by atoms with E-state index >= 15 is 0 Å². The highest BCUT2D eigenvalue weighted by atomic mass is 31.2. The molecule has 0 radical (unpaired) electrons. The molecule has 0 aromatic rings. The first kappa shape index (κ1) is 8.82. The topological polar surface area (TPSA) is 63.6 Å². The molecule has 0 aliphatic heterocycles. The van der Waals surface area contributed by atoms with E-state index in [1.54, 1.807) is 0 Å². The second-order valence-corrected chi connectivity index (χ2v) is 3.93. The van der Waals surface area contributed by atoms with E-state index in [4.69, 9.17) is 4.89 Å². The van der Waals surface area contributed by atoms with E-state index in [-0.39, 0.29) is 12.5 Å². The van der Waals surface area contributed by atoms with Gasteiger partial charge in [0.25, 0.3) is 0 Å². The third-order valence-corrected chi connectivity index (χ3v) is 2.07. The van der Waals surface area contributed by atoms with E-state index in [1.165, 1.54) is 7.11 Å². The molecule has 5 heteroatoms. The number of carbonyl (C=O) groups is 1. The van der Waals surface area contributed by atoms with Crippen molar-refractivity contribution in [1.29, 1.82) is 0 Å². The predicted molar refractivity (Wildman–Crippen MR) is 32.6 cm³/mol. The Kier molecular flexibility index (Phi) is 3.70. The fraction of sp³-hybridized carbons (Fsp3) is 0.750. The fourth-order valence-electron chi connectivity index (χ4n) is 0.371. The second-order valence-electron chi connectivity index (χ2n) is 1.61. The molecule has 4 nitrogen and oxygen atoms in total. The second kappa shape index (κ2) is 3.77. The molecule has 0 saturated heterocycles. The molecule has 9 heavy (non-hydrogen) atoms. The molecule has 1 atom stereocenters. The molecule has 0 saturated carbocycles. The lowest BCUT2D eigenvalue weighted by Crippen LogP contribution is -1.96. The van der Waals surface area contributed by atoms with Crippen LogP contribution in [0.2, 0.25) is 0 Å². The standard InChI is InChI=1S/C4H9O4P/c1-8-4-9(6,7)3-2-5/h2H,3-4H2,1H3,(H,6,7). The van der Waals surface area contributed by atoms with E-state index in [0.717, 1.165) is 0 Å². The van der Waals surface area contributed by atoms with Crippen molar-refractivity contribution in [2.75, 3.05) is 19.6 Å².